The van der Waals surface area contributed by atoms with E-state index in [1.54, 1.807) is 6.92 Å². The maximum Gasteiger partial charge on any atom is 0.291 e. The van der Waals surface area contributed by atoms with Gasteiger partial charge < -0.3 is 5.73 Å². The van der Waals surface area contributed by atoms with Crippen LogP contribution in [0.5, 0.6) is 0 Å². The zero-order chi connectivity index (χ0) is 12.1. The van der Waals surface area contributed by atoms with Crippen LogP contribution >= 0.6 is 0 Å². The number of amides is 1. The Morgan fingerprint density at radius 3 is 2.94 bits per heavy atom. The number of carbonyl (C=O) groups excluding carboxylic acids is 1. The minimum Gasteiger partial charge on any atom is -0.369 e. The Kier molecular flexibility index (Phi) is 3.56. The summed E-state index contributed by atoms with van der Waals surface area (Å²) in [6.45, 7) is 1.54. The number of pyridine rings is 1. The second-order valence-electron chi connectivity index (χ2n) is 3.03. The van der Waals surface area contributed by atoms with Crippen molar-refractivity contribution in [2.75, 3.05) is 0 Å². The lowest BCUT2D eigenvalue weighted by Gasteiger charge is -1.95. The van der Waals surface area contributed by atoms with Gasteiger partial charge in [0.15, 0.2) is 0 Å². The van der Waals surface area contributed by atoms with Gasteiger partial charge in [-0.1, -0.05) is 11.8 Å². The first kappa shape index (κ1) is 11.7. The molecule has 0 aliphatic heterocycles. The molecule has 0 aliphatic rings. The Morgan fingerprint density at radius 1 is 1.69 bits per heavy atom. The van der Waals surface area contributed by atoms with Crippen molar-refractivity contribution in [3.63, 3.8) is 0 Å². The summed E-state index contributed by atoms with van der Waals surface area (Å²) in [6.07, 6.45) is 1.33. The minimum atomic E-state index is -0.540. The van der Waals surface area contributed by atoms with Gasteiger partial charge in [0, 0.05) is 17.8 Å². The number of primary amides is 1. The highest BCUT2D eigenvalue weighted by atomic mass is 16.6. The number of hydrogen-bond acceptors (Lipinski definition) is 4. The minimum absolute atomic E-state index is 0.0817. The lowest BCUT2D eigenvalue weighted by Crippen LogP contribution is -2.08. The van der Waals surface area contributed by atoms with E-state index in [-0.39, 0.29) is 12.1 Å². The molecule has 2 N–H and O–H groups in total. The SMILES string of the molecule is Cc1ncc(C#CCC(N)=O)cc1[N+](=O)[O-]. The quantitative estimate of drug-likeness (QED) is 0.445. The second kappa shape index (κ2) is 4.89. The van der Waals surface area contributed by atoms with Crippen LogP contribution in [0.3, 0.4) is 0 Å². The molecule has 6 heteroatoms. The van der Waals surface area contributed by atoms with Crippen LogP contribution in [-0.2, 0) is 4.79 Å². The van der Waals surface area contributed by atoms with E-state index in [4.69, 9.17) is 5.73 Å². The van der Waals surface area contributed by atoms with Crippen molar-refractivity contribution >= 4 is 11.6 Å². The summed E-state index contributed by atoms with van der Waals surface area (Å²) in [5.74, 6) is 4.54. The van der Waals surface area contributed by atoms with Crippen LogP contribution in [0.4, 0.5) is 5.69 Å². The molecule has 0 bridgehead atoms. The van der Waals surface area contributed by atoms with E-state index >= 15 is 0 Å². The molecule has 1 amide bonds. The Labute approximate surface area is 91.6 Å². The highest BCUT2D eigenvalue weighted by molar-refractivity contribution is 5.76. The maximum atomic E-state index is 10.6. The van der Waals surface area contributed by atoms with Crippen molar-refractivity contribution in [3.8, 4) is 11.8 Å². The molecule has 1 aromatic rings. The van der Waals surface area contributed by atoms with Crippen LogP contribution in [-0.4, -0.2) is 15.8 Å². The summed E-state index contributed by atoms with van der Waals surface area (Å²) in [5, 5.41) is 10.6. The lowest BCUT2D eigenvalue weighted by atomic mass is 10.2. The third kappa shape index (κ3) is 3.06. The highest BCUT2D eigenvalue weighted by Gasteiger charge is 2.11. The van der Waals surface area contributed by atoms with Crippen LogP contribution in [0.1, 0.15) is 17.7 Å². The summed E-state index contributed by atoms with van der Waals surface area (Å²) in [6, 6.07) is 1.32. The number of nitrogens with two attached hydrogens (primary N) is 1. The van der Waals surface area contributed by atoms with Crippen LogP contribution < -0.4 is 5.73 Å². The molecule has 1 rings (SSSR count). The van der Waals surface area contributed by atoms with Crippen LogP contribution in [0.2, 0.25) is 0 Å². The standard InChI is InChI=1S/C10H9N3O3/c1-7-9(13(15)16)5-8(6-12-7)3-2-4-10(11)14/h5-6H,4H2,1H3,(H2,11,14). The van der Waals surface area contributed by atoms with Gasteiger partial charge in [-0.05, 0) is 6.92 Å². The maximum absolute atomic E-state index is 10.6. The van der Waals surface area contributed by atoms with Gasteiger partial charge in [-0.15, -0.1) is 0 Å². The van der Waals surface area contributed by atoms with E-state index in [0.717, 1.165) is 0 Å². The zero-order valence-corrected chi connectivity index (χ0v) is 8.56. The molecule has 0 unspecified atom stereocenters. The summed E-state index contributed by atoms with van der Waals surface area (Å²) in [7, 11) is 0. The molecule has 16 heavy (non-hydrogen) atoms. The first-order valence-electron chi connectivity index (χ1n) is 4.39. The van der Waals surface area contributed by atoms with Gasteiger partial charge >= 0.3 is 0 Å². The van der Waals surface area contributed by atoms with Crippen molar-refractivity contribution in [1.29, 1.82) is 0 Å². The molecule has 0 saturated carbocycles. The van der Waals surface area contributed by atoms with E-state index in [1.165, 1.54) is 12.3 Å². The predicted molar refractivity (Wildman–Crippen MR) is 56.3 cm³/mol. The molecule has 82 valence electrons. The molecule has 0 radical (unpaired) electrons. The Hall–Kier alpha value is -2.42. The van der Waals surface area contributed by atoms with Crippen molar-refractivity contribution in [2.45, 2.75) is 13.3 Å². The van der Waals surface area contributed by atoms with Crippen LogP contribution in [0.25, 0.3) is 0 Å². The summed E-state index contributed by atoms with van der Waals surface area (Å²) < 4.78 is 0. The van der Waals surface area contributed by atoms with Gasteiger partial charge in [0.05, 0.1) is 11.3 Å². The fourth-order valence-electron chi connectivity index (χ4n) is 1.01. The van der Waals surface area contributed by atoms with Gasteiger partial charge in [0.1, 0.15) is 5.69 Å². The van der Waals surface area contributed by atoms with Crippen LogP contribution in [0.15, 0.2) is 12.3 Å². The molecule has 0 fully saturated rings. The molecule has 1 heterocycles. The fourth-order valence-corrected chi connectivity index (χ4v) is 1.01. The molecule has 0 atom stereocenters. The molecule has 0 spiro atoms. The van der Waals surface area contributed by atoms with Crippen molar-refractivity contribution in [3.05, 3.63) is 33.6 Å². The third-order valence-corrected chi connectivity index (χ3v) is 1.75. The largest absolute Gasteiger partial charge is 0.369 e. The number of aryl methyl sites for hydroxylation is 1. The number of nitro groups is 1. The monoisotopic (exact) mass is 219 g/mol. The van der Waals surface area contributed by atoms with Crippen molar-refractivity contribution in [1.82, 2.24) is 4.98 Å². The molecular weight excluding hydrogens is 210 g/mol. The van der Waals surface area contributed by atoms with Gasteiger partial charge in [-0.3, -0.25) is 19.9 Å². The summed E-state index contributed by atoms with van der Waals surface area (Å²) in [4.78, 5) is 24.3. The Bertz CT molecular complexity index is 500. The lowest BCUT2D eigenvalue weighted by molar-refractivity contribution is -0.385. The Morgan fingerprint density at radius 2 is 2.38 bits per heavy atom. The second-order valence-corrected chi connectivity index (χ2v) is 3.03. The first-order chi connectivity index (χ1) is 7.50. The fraction of sp³-hybridized carbons (Fsp3) is 0.200. The van der Waals surface area contributed by atoms with E-state index in [0.29, 0.717) is 11.3 Å². The molecule has 0 aromatic carbocycles. The van der Waals surface area contributed by atoms with Crippen molar-refractivity contribution < 1.29 is 9.72 Å². The molecule has 6 nitrogen and oxygen atoms in total. The van der Waals surface area contributed by atoms with E-state index in [2.05, 4.69) is 16.8 Å². The molecular formula is C10H9N3O3. The zero-order valence-electron chi connectivity index (χ0n) is 8.56. The Balaban J connectivity index is 2.98. The number of carbonyl (C=O) groups is 1. The number of aromatic nitrogens is 1. The van der Waals surface area contributed by atoms with E-state index < -0.39 is 10.8 Å². The smallest absolute Gasteiger partial charge is 0.291 e. The number of hydrogen-bond donors (Lipinski definition) is 1. The summed E-state index contributed by atoms with van der Waals surface area (Å²) in [5.41, 5.74) is 5.51. The third-order valence-electron chi connectivity index (χ3n) is 1.75. The number of rotatable bonds is 2. The molecule has 0 saturated heterocycles. The average Bonchev–Trinajstić information content (AvgIpc) is 2.19. The topological polar surface area (TPSA) is 99.1 Å². The van der Waals surface area contributed by atoms with Gasteiger partial charge in [0.25, 0.3) is 5.69 Å². The highest BCUT2D eigenvalue weighted by Crippen LogP contribution is 2.15. The summed E-state index contributed by atoms with van der Waals surface area (Å²) >= 11 is 0. The number of nitrogens with zero attached hydrogens (tertiary/aromatic N) is 2. The van der Waals surface area contributed by atoms with E-state index in [1.807, 2.05) is 0 Å². The normalized spacial score (nSPS) is 9.06. The van der Waals surface area contributed by atoms with Gasteiger partial charge in [0.2, 0.25) is 5.91 Å². The van der Waals surface area contributed by atoms with E-state index in [9.17, 15) is 14.9 Å². The predicted octanol–water partition coefficient (Wildman–Crippen LogP) is 0.525. The molecule has 1 aromatic heterocycles. The van der Waals surface area contributed by atoms with Gasteiger partial charge in [-0.2, -0.15) is 0 Å². The van der Waals surface area contributed by atoms with Crippen LogP contribution in [0, 0.1) is 28.9 Å². The molecule has 0 aliphatic carbocycles. The van der Waals surface area contributed by atoms with Gasteiger partial charge in [-0.25, -0.2) is 0 Å². The average molecular weight is 219 g/mol. The first-order valence-corrected chi connectivity index (χ1v) is 4.39. The van der Waals surface area contributed by atoms with Crippen molar-refractivity contribution in [2.24, 2.45) is 5.73 Å².